The minimum Gasteiger partial charge on any atom is -0.435 e. The van der Waals surface area contributed by atoms with Crippen molar-refractivity contribution in [3.05, 3.63) is 59.9 Å². The Balaban J connectivity index is 1.14. The smallest absolute Gasteiger partial charge is 0.387 e. The van der Waals surface area contributed by atoms with Crippen LogP contribution in [0.25, 0.3) is 0 Å². The molecule has 166 valence electrons. The van der Waals surface area contributed by atoms with E-state index in [2.05, 4.69) is 39.2 Å². The normalized spacial score (nSPS) is 17.9. The van der Waals surface area contributed by atoms with Crippen molar-refractivity contribution in [2.24, 2.45) is 11.3 Å². The summed E-state index contributed by atoms with van der Waals surface area (Å²) in [5, 5.41) is 2.79. The van der Waals surface area contributed by atoms with Crippen LogP contribution < -0.4 is 10.1 Å². The summed E-state index contributed by atoms with van der Waals surface area (Å²) in [6.07, 6.45) is 2.14. The van der Waals surface area contributed by atoms with Crippen LogP contribution in [0, 0.1) is 17.2 Å². The second-order valence-corrected chi connectivity index (χ2v) is 9.58. The largest absolute Gasteiger partial charge is 0.435 e. The third kappa shape index (κ3) is 5.74. The van der Waals surface area contributed by atoms with E-state index >= 15 is 0 Å². The molecule has 0 radical (unpaired) electrons. The first-order valence-corrected chi connectivity index (χ1v) is 11.3. The van der Waals surface area contributed by atoms with Crippen molar-refractivity contribution < 1.29 is 22.7 Å². The fourth-order valence-corrected chi connectivity index (χ4v) is 5.58. The number of halogens is 3. The third-order valence-electron chi connectivity index (χ3n) is 5.89. The molecule has 4 rings (SSSR count). The van der Waals surface area contributed by atoms with Gasteiger partial charge in [-0.3, -0.25) is 4.79 Å². The molecule has 0 aromatic heterocycles. The van der Waals surface area contributed by atoms with Crippen LogP contribution in [-0.4, -0.2) is 49.4 Å². The van der Waals surface area contributed by atoms with E-state index in [0.29, 0.717) is 17.9 Å². The Labute approximate surface area is 184 Å². The molecular weight excluding hydrogens is 425 g/mol. The summed E-state index contributed by atoms with van der Waals surface area (Å²) in [6, 6.07) is 13.4. The molecule has 1 aliphatic carbocycles. The molecule has 31 heavy (non-hydrogen) atoms. The maximum atomic E-state index is 13.6. The zero-order valence-electron chi connectivity index (χ0n) is 17.0. The van der Waals surface area contributed by atoms with Gasteiger partial charge in [0.05, 0.1) is 0 Å². The highest BCUT2D eigenvalue weighted by atomic mass is 32.2. The first-order chi connectivity index (χ1) is 14.9. The van der Waals surface area contributed by atoms with Crippen molar-refractivity contribution in [2.45, 2.75) is 24.3 Å². The van der Waals surface area contributed by atoms with Gasteiger partial charge in [-0.1, -0.05) is 18.2 Å². The molecule has 4 nitrogen and oxygen atoms in total. The fraction of sp³-hybridized carbons (Fsp3) is 0.435. The van der Waals surface area contributed by atoms with Crippen LogP contribution >= 0.6 is 11.8 Å². The number of ether oxygens (including phenoxy) is 1. The van der Waals surface area contributed by atoms with Crippen molar-refractivity contribution in [3.63, 3.8) is 0 Å². The summed E-state index contributed by atoms with van der Waals surface area (Å²) in [4.78, 5) is 16.0. The average molecular weight is 451 g/mol. The lowest BCUT2D eigenvalue weighted by molar-refractivity contribution is -0.0896. The molecular formula is C23H25F3N2O2S. The van der Waals surface area contributed by atoms with Gasteiger partial charge < -0.3 is 15.0 Å². The SMILES string of the molecule is O=C(NCC1CC2(C1)CN(CCSc1ccccc1)C2)c1cc(F)cc(OC(F)F)c1. The standard InChI is InChI=1S/C23H25F3N2O2S/c24-18-8-17(9-19(10-18)30-22(25)26)21(29)27-13-16-11-23(12-16)14-28(15-23)6-7-31-20-4-2-1-3-5-20/h1-5,8-10,16,22H,6-7,11-15H2,(H,27,29). The average Bonchev–Trinajstić information content (AvgIpc) is 2.67. The number of benzene rings is 2. The van der Waals surface area contributed by atoms with Crippen LogP contribution in [0.3, 0.4) is 0 Å². The molecule has 1 amide bonds. The Morgan fingerprint density at radius 1 is 1.19 bits per heavy atom. The van der Waals surface area contributed by atoms with E-state index < -0.39 is 18.3 Å². The molecule has 0 unspecified atom stereocenters. The van der Waals surface area contributed by atoms with Crippen LogP contribution in [0.5, 0.6) is 5.75 Å². The van der Waals surface area contributed by atoms with Crippen molar-refractivity contribution in [1.82, 2.24) is 10.2 Å². The third-order valence-corrected chi connectivity index (χ3v) is 6.88. The summed E-state index contributed by atoms with van der Waals surface area (Å²) in [5.74, 6) is -0.152. The Hall–Kier alpha value is -2.19. The molecule has 1 N–H and O–H groups in total. The molecule has 1 saturated carbocycles. The van der Waals surface area contributed by atoms with Crippen LogP contribution in [0.2, 0.25) is 0 Å². The van der Waals surface area contributed by atoms with Crippen LogP contribution in [0.1, 0.15) is 23.2 Å². The quantitative estimate of drug-likeness (QED) is 0.564. The molecule has 1 saturated heterocycles. The van der Waals surface area contributed by atoms with E-state index in [4.69, 9.17) is 0 Å². The van der Waals surface area contributed by atoms with Gasteiger partial charge in [0.1, 0.15) is 11.6 Å². The predicted octanol–water partition coefficient (Wildman–Crippen LogP) is 4.66. The van der Waals surface area contributed by atoms with E-state index in [9.17, 15) is 18.0 Å². The van der Waals surface area contributed by atoms with Crippen LogP contribution in [-0.2, 0) is 0 Å². The van der Waals surface area contributed by atoms with E-state index in [1.807, 2.05) is 17.8 Å². The zero-order chi connectivity index (χ0) is 21.8. The summed E-state index contributed by atoms with van der Waals surface area (Å²) < 4.78 is 42.4. The lowest BCUT2D eigenvalue weighted by Gasteiger charge is -2.59. The number of alkyl halides is 2. The maximum Gasteiger partial charge on any atom is 0.387 e. The minimum absolute atomic E-state index is 0.0181. The molecule has 8 heteroatoms. The van der Waals surface area contributed by atoms with Crippen molar-refractivity contribution in [3.8, 4) is 5.75 Å². The number of hydrogen-bond acceptors (Lipinski definition) is 4. The van der Waals surface area contributed by atoms with Crippen molar-refractivity contribution in [2.75, 3.05) is 31.9 Å². The van der Waals surface area contributed by atoms with E-state index in [1.165, 1.54) is 4.90 Å². The fourth-order valence-electron chi connectivity index (χ4n) is 4.64. The number of nitrogens with zero attached hydrogens (tertiary/aromatic N) is 1. The number of likely N-dealkylation sites (tertiary alicyclic amines) is 1. The van der Waals surface area contributed by atoms with Gasteiger partial charge in [0.25, 0.3) is 5.91 Å². The van der Waals surface area contributed by atoms with E-state index in [0.717, 1.165) is 56.4 Å². The molecule has 2 fully saturated rings. The van der Waals surface area contributed by atoms with Gasteiger partial charge in [-0.2, -0.15) is 8.78 Å². The summed E-state index contributed by atoms with van der Waals surface area (Å²) in [5.41, 5.74) is 0.361. The Morgan fingerprint density at radius 2 is 1.94 bits per heavy atom. The maximum absolute atomic E-state index is 13.6. The van der Waals surface area contributed by atoms with Gasteiger partial charge in [-0.15, -0.1) is 11.8 Å². The van der Waals surface area contributed by atoms with Gasteiger partial charge >= 0.3 is 6.61 Å². The van der Waals surface area contributed by atoms with Gasteiger partial charge in [-0.25, -0.2) is 4.39 Å². The predicted molar refractivity (Wildman–Crippen MR) is 114 cm³/mol. The van der Waals surface area contributed by atoms with Crippen molar-refractivity contribution in [1.29, 1.82) is 0 Å². The lowest BCUT2D eigenvalue weighted by atomic mass is 9.57. The summed E-state index contributed by atoms with van der Waals surface area (Å²) in [6.45, 7) is 0.718. The molecule has 1 spiro atoms. The Bertz CT molecular complexity index is 899. The molecule has 2 aromatic carbocycles. The summed E-state index contributed by atoms with van der Waals surface area (Å²) in [7, 11) is 0. The first kappa shape index (κ1) is 22.0. The van der Waals surface area contributed by atoms with Gasteiger partial charge in [-0.05, 0) is 48.4 Å². The van der Waals surface area contributed by atoms with E-state index in [1.54, 1.807) is 0 Å². The number of nitrogens with one attached hydrogen (secondary N) is 1. The lowest BCUT2D eigenvalue weighted by Crippen LogP contribution is -2.63. The van der Waals surface area contributed by atoms with Crippen LogP contribution in [0.4, 0.5) is 13.2 Å². The van der Waals surface area contributed by atoms with Gasteiger partial charge in [0.15, 0.2) is 0 Å². The second kappa shape index (κ2) is 9.53. The molecule has 1 aliphatic heterocycles. The Kier molecular flexibility index (Phi) is 6.77. The Morgan fingerprint density at radius 3 is 2.65 bits per heavy atom. The number of amides is 1. The molecule has 0 atom stereocenters. The number of rotatable bonds is 9. The zero-order valence-corrected chi connectivity index (χ0v) is 17.8. The number of carbonyl (C=O) groups is 1. The first-order valence-electron chi connectivity index (χ1n) is 10.3. The highest BCUT2D eigenvalue weighted by Gasteiger charge is 2.51. The monoisotopic (exact) mass is 450 g/mol. The van der Waals surface area contributed by atoms with Gasteiger partial charge in [0.2, 0.25) is 0 Å². The topological polar surface area (TPSA) is 41.6 Å². The van der Waals surface area contributed by atoms with Gasteiger partial charge in [0, 0.05) is 48.5 Å². The number of thioether (sulfide) groups is 1. The van der Waals surface area contributed by atoms with Crippen molar-refractivity contribution >= 4 is 17.7 Å². The van der Waals surface area contributed by atoms with Crippen LogP contribution in [0.15, 0.2) is 53.4 Å². The highest BCUT2D eigenvalue weighted by molar-refractivity contribution is 7.99. The molecule has 2 aromatic rings. The second-order valence-electron chi connectivity index (χ2n) is 8.41. The highest BCUT2D eigenvalue weighted by Crippen LogP contribution is 2.51. The van der Waals surface area contributed by atoms with E-state index in [-0.39, 0.29) is 11.3 Å². The molecule has 2 aliphatic rings. The molecule has 1 heterocycles. The summed E-state index contributed by atoms with van der Waals surface area (Å²) >= 11 is 1.87. The minimum atomic E-state index is -3.07. The number of hydrogen-bond donors (Lipinski definition) is 1. The number of carbonyl (C=O) groups excluding carboxylic acids is 1. The molecule has 0 bridgehead atoms.